The molecule has 96 valence electrons. The van der Waals surface area contributed by atoms with Crippen molar-refractivity contribution in [3.8, 4) is 0 Å². The number of aromatic nitrogens is 1. The summed E-state index contributed by atoms with van der Waals surface area (Å²) in [6.45, 7) is 2.90. The summed E-state index contributed by atoms with van der Waals surface area (Å²) < 4.78 is 0. The first-order valence-electron chi connectivity index (χ1n) is 6.09. The molecule has 3 nitrogen and oxygen atoms in total. The van der Waals surface area contributed by atoms with E-state index >= 15 is 0 Å². The molecule has 0 radical (unpaired) electrons. The van der Waals surface area contributed by atoms with Crippen molar-refractivity contribution in [2.45, 2.75) is 18.6 Å². The van der Waals surface area contributed by atoms with Gasteiger partial charge in [-0.25, -0.2) is 0 Å². The van der Waals surface area contributed by atoms with Gasteiger partial charge in [0, 0.05) is 34.5 Å². The Labute approximate surface area is 111 Å². The van der Waals surface area contributed by atoms with E-state index in [-0.39, 0.29) is 5.91 Å². The summed E-state index contributed by atoms with van der Waals surface area (Å²) in [7, 11) is 0. The van der Waals surface area contributed by atoms with Crippen molar-refractivity contribution >= 4 is 28.6 Å². The molecule has 1 atom stereocenters. The van der Waals surface area contributed by atoms with Crippen molar-refractivity contribution in [2.75, 3.05) is 12.8 Å². The molecule has 1 aromatic carbocycles. The summed E-state index contributed by atoms with van der Waals surface area (Å²) in [5.41, 5.74) is 1.78. The van der Waals surface area contributed by atoms with Crippen molar-refractivity contribution < 1.29 is 4.79 Å². The lowest BCUT2D eigenvalue weighted by Crippen LogP contribution is -2.25. The second-order valence-corrected chi connectivity index (χ2v) is 5.65. The number of carbonyl (C=O) groups excluding carboxylic acids is 1. The lowest BCUT2D eigenvalue weighted by Gasteiger charge is -2.09. The molecule has 0 aliphatic heterocycles. The molecule has 2 N–H and O–H groups in total. The van der Waals surface area contributed by atoms with Gasteiger partial charge in [-0.15, -0.1) is 0 Å². The fourth-order valence-electron chi connectivity index (χ4n) is 1.80. The zero-order chi connectivity index (χ0) is 13.0. The number of benzene rings is 1. The van der Waals surface area contributed by atoms with Gasteiger partial charge in [0.2, 0.25) is 0 Å². The standard InChI is InChI=1S/C14H18N2OS/c1-10(18-2)5-7-16-14(17)12-3-4-13-11(9-12)6-8-15-13/h3-4,6,8-10,15H,5,7H2,1-2H3,(H,16,17). The van der Waals surface area contributed by atoms with Gasteiger partial charge in [0.1, 0.15) is 0 Å². The fraction of sp³-hybridized carbons (Fsp3) is 0.357. The van der Waals surface area contributed by atoms with Gasteiger partial charge in [-0.1, -0.05) is 6.92 Å². The van der Waals surface area contributed by atoms with Gasteiger partial charge < -0.3 is 10.3 Å². The van der Waals surface area contributed by atoms with Gasteiger partial charge in [-0.3, -0.25) is 4.79 Å². The number of fused-ring (bicyclic) bond motifs is 1. The van der Waals surface area contributed by atoms with Crippen LogP contribution in [0.2, 0.25) is 0 Å². The molecular weight excluding hydrogens is 244 g/mol. The van der Waals surface area contributed by atoms with Crippen LogP contribution >= 0.6 is 11.8 Å². The minimum Gasteiger partial charge on any atom is -0.361 e. The number of hydrogen-bond donors (Lipinski definition) is 2. The Morgan fingerprint density at radius 2 is 2.28 bits per heavy atom. The van der Waals surface area contributed by atoms with Crippen LogP contribution in [0, 0.1) is 0 Å². The van der Waals surface area contributed by atoms with Crippen molar-refractivity contribution in [1.82, 2.24) is 10.3 Å². The average molecular weight is 262 g/mol. The number of rotatable bonds is 5. The quantitative estimate of drug-likeness (QED) is 0.870. The molecule has 1 unspecified atom stereocenters. The zero-order valence-corrected chi connectivity index (χ0v) is 11.5. The zero-order valence-electron chi connectivity index (χ0n) is 10.7. The number of H-pyrrole nitrogens is 1. The van der Waals surface area contributed by atoms with Crippen LogP contribution in [0.25, 0.3) is 10.9 Å². The summed E-state index contributed by atoms with van der Waals surface area (Å²) in [5.74, 6) is 0.00593. The lowest BCUT2D eigenvalue weighted by molar-refractivity contribution is 0.0953. The highest BCUT2D eigenvalue weighted by molar-refractivity contribution is 7.99. The lowest BCUT2D eigenvalue weighted by atomic mass is 10.1. The number of aromatic amines is 1. The van der Waals surface area contributed by atoms with E-state index in [4.69, 9.17) is 0 Å². The third-order valence-corrected chi connectivity index (χ3v) is 4.09. The summed E-state index contributed by atoms with van der Waals surface area (Å²) in [6, 6.07) is 7.68. The Morgan fingerprint density at radius 3 is 3.06 bits per heavy atom. The SMILES string of the molecule is CSC(C)CCNC(=O)c1ccc2[nH]ccc2c1. The molecule has 0 aliphatic carbocycles. The molecule has 0 spiro atoms. The molecule has 0 bridgehead atoms. The first kappa shape index (κ1) is 13.0. The Morgan fingerprint density at radius 1 is 1.44 bits per heavy atom. The first-order valence-corrected chi connectivity index (χ1v) is 7.37. The van der Waals surface area contributed by atoms with Crippen LogP contribution in [0.4, 0.5) is 0 Å². The van der Waals surface area contributed by atoms with E-state index in [0.717, 1.165) is 29.4 Å². The molecule has 1 aromatic heterocycles. The number of hydrogen-bond acceptors (Lipinski definition) is 2. The van der Waals surface area contributed by atoms with Crippen LogP contribution in [-0.2, 0) is 0 Å². The molecule has 1 amide bonds. The molecule has 18 heavy (non-hydrogen) atoms. The van der Waals surface area contributed by atoms with Gasteiger partial charge in [0.05, 0.1) is 0 Å². The highest BCUT2D eigenvalue weighted by Gasteiger charge is 2.07. The van der Waals surface area contributed by atoms with E-state index in [1.165, 1.54) is 0 Å². The number of amides is 1. The molecule has 2 rings (SSSR count). The van der Waals surface area contributed by atoms with E-state index in [1.807, 2.05) is 42.2 Å². The molecule has 0 saturated carbocycles. The Bertz CT molecular complexity index is 535. The van der Waals surface area contributed by atoms with Crippen LogP contribution in [0.1, 0.15) is 23.7 Å². The van der Waals surface area contributed by atoms with Crippen molar-refractivity contribution in [3.63, 3.8) is 0 Å². The third-order valence-electron chi connectivity index (χ3n) is 3.05. The third kappa shape index (κ3) is 3.07. The van der Waals surface area contributed by atoms with Crippen LogP contribution < -0.4 is 5.32 Å². The van der Waals surface area contributed by atoms with Gasteiger partial charge in [-0.05, 0) is 36.9 Å². The van der Waals surface area contributed by atoms with E-state index in [0.29, 0.717) is 5.25 Å². The minimum absolute atomic E-state index is 0.00593. The van der Waals surface area contributed by atoms with Gasteiger partial charge in [0.25, 0.3) is 5.91 Å². The van der Waals surface area contributed by atoms with Crippen molar-refractivity contribution in [2.24, 2.45) is 0 Å². The van der Waals surface area contributed by atoms with Crippen molar-refractivity contribution in [1.29, 1.82) is 0 Å². The number of thioether (sulfide) groups is 1. The minimum atomic E-state index is 0.00593. The fourth-order valence-corrected chi connectivity index (χ4v) is 2.16. The van der Waals surface area contributed by atoms with Crippen LogP contribution in [0.3, 0.4) is 0 Å². The van der Waals surface area contributed by atoms with Gasteiger partial charge in [0.15, 0.2) is 0 Å². The van der Waals surface area contributed by atoms with Crippen molar-refractivity contribution in [3.05, 3.63) is 36.0 Å². The molecule has 0 saturated heterocycles. The number of nitrogens with one attached hydrogen (secondary N) is 2. The van der Waals surface area contributed by atoms with E-state index in [2.05, 4.69) is 23.5 Å². The maximum atomic E-state index is 12.0. The van der Waals surface area contributed by atoms with Crippen LogP contribution in [0.15, 0.2) is 30.5 Å². The maximum Gasteiger partial charge on any atom is 0.251 e. The smallest absolute Gasteiger partial charge is 0.251 e. The highest BCUT2D eigenvalue weighted by atomic mass is 32.2. The topological polar surface area (TPSA) is 44.9 Å². The molecule has 0 aliphatic rings. The molecule has 4 heteroatoms. The normalized spacial score (nSPS) is 12.6. The summed E-state index contributed by atoms with van der Waals surface area (Å²) >= 11 is 1.82. The Kier molecular flexibility index (Phi) is 4.31. The Balaban J connectivity index is 1.95. The van der Waals surface area contributed by atoms with Crippen LogP contribution in [-0.4, -0.2) is 28.9 Å². The first-order chi connectivity index (χ1) is 8.70. The van der Waals surface area contributed by atoms with Gasteiger partial charge >= 0.3 is 0 Å². The van der Waals surface area contributed by atoms with E-state index in [9.17, 15) is 4.79 Å². The molecule has 1 heterocycles. The predicted octanol–water partition coefficient (Wildman–Crippen LogP) is 3.04. The summed E-state index contributed by atoms with van der Waals surface area (Å²) in [5, 5.41) is 4.61. The summed E-state index contributed by atoms with van der Waals surface area (Å²) in [4.78, 5) is 15.1. The van der Waals surface area contributed by atoms with E-state index in [1.54, 1.807) is 0 Å². The average Bonchev–Trinajstić information content (AvgIpc) is 2.85. The monoisotopic (exact) mass is 262 g/mol. The molecular formula is C14H18N2OS. The highest BCUT2D eigenvalue weighted by Crippen LogP contribution is 2.14. The van der Waals surface area contributed by atoms with Gasteiger partial charge in [-0.2, -0.15) is 11.8 Å². The number of carbonyl (C=O) groups is 1. The predicted molar refractivity (Wildman–Crippen MR) is 78.2 cm³/mol. The summed E-state index contributed by atoms with van der Waals surface area (Å²) in [6.07, 6.45) is 4.97. The second-order valence-electron chi connectivity index (χ2n) is 4.37. The van der Waals surface area contributed by atoms with E-state index < -0.39 is 0 Å². The largest absolute Gasteiger partial charge is 0.361 e. The maximum absolute atomic E-state index is 12.0. The second kappa shape index (κ2) is 5.96. The molecule has 2 aromatic rings. The van der Waals surface area contributed by atoms with Crippen LogP contribution in [0.5, 0.6) is 0 Å². The molecule has 0 fully saturated rings. The Hall–Kier alpha value is -1.42.